The first-order chi connectivity index (χ1) is 15.0. The molecule has 0 radical (unpaired) electrons. The first-order valence-electron chi connectivity index (χ1n) is 10.3. The highest BCUT2D eigenvalue weighted by atomic mass is 19.1. The Kier molecular flexibility index (Phi) is 6.06. The minimum Gasteiger partial charge on any atom is -0.354 e. The fraction of sp³-hybridized carbons (Fsp3) is 0.304. The molecule has 1 aliphatic rings. The molecule has 1 aromatic carbocycles. The van der Waals surface area contributed by atoms with Crippen molar-refractivity contribution in [2.45, 2.75) is 44.7 Å². The van der Waals surface area contributed by atoms with E-state index in [0.717, 1.165) is 31.9 Å². The number of benzene rings is 1. The van der Waals surface area contributed by atoms with Crippen LogP contribution < -0.4 is 16.2 Å². The van der Waals surface area contributed by atoms with Gasteiger partial charge in [-0.25, -0.2) is 14.4 Å². The number of anilines is 1. The van der Waals surface area contributed by atoms with Gasteiger partial charge in [0, 0.05) is 42.5 Å². The number of aromatic nitrogens is 3. The molecular weight excluding hydrogens is 397 g/mol. The maximum Gasteiger partial charge on any atom is 0.255 e. The molecule has 8 heteroatoms. The Balaban J connectivity index is 1.53. The molecule has 0 bridgehead atoms. The van der Waals surface area contributed by atoms with Crippen molar-refractivity contribution >= 4 is 11.9 Å². The van der Waals surface area contributed by atoms with Crippen LogP contribution in [-0.2, 0) is 4.79 Å². The molecule has 160 valence electrons. The lowest BCUT2D eigenvalue weighted by atomic mass is 9.91. The van der Waals surface area contributed by atoms with E-state index in [0.29, 0.717) is 17.2 Å². The summed E-state index contributed by atoms with van der Waals surface area (Å²) in [6, 6.07) is 12.3. The SMILES string of the molecule is CC(=O)NC1CCC(Nc2ncc(F)c(-c3cccc(-n4ccccc4=O)c3)n2)CC1. The molecule has 1 amide bonds. The minimum atomic E-state index is -0.530. The van der Waals surface area contributed by atoms with Crippen molar-refractivity contribution in [1.82, 2.24) is 19.9 Å². The number of hydrogen-bond donors (Lipinski definition) is 2. The van der Waals surface area contributed by atoms with E-state index in [-0.39, 0.29) is 29.2 Å². The molecule has 4 rings (SSSR count). The molecule has 0 spiro atoms. The minimum absolute atomic E-state index is 0.0112. The fourth-order valence-electron chi connectivity index (χ4n) is 3.93. The van der Waals surface area contributed by atoms with Crippen LogP contribution in [0.2, 0.25) is 0 Å². The van der Waals surface area contributed by atoms with Crippen molar-refractivity contribution < 1.29 is 9.18 Å². The van der Waals surface area contributed by atoms with E-state index in [1.54, 1.807) is 42.6 Å². The van der Waals surface area contributed by atoms with E-state index >= 15 is 0 Å². The zero-order valence-electron chi connectivity index (χ0n) is 17.2. The summed E-state index contributed by atoms with van der Waals surface area (Å²) >= 11 is 0. The number of hydrogen-bond acceptors (Lipinski definition) is 5. The molecule has 0 saturated heterocycles. The van der Waals surface area contributed by atoms with Crippen LogP contribution in [0.25, 0.3) is 16.9 Å². The lowest BCUT2D eigenvalue weighted by Crippen LogP contribution is -2.39. The largest absolute Gasteiger partial charge is 0.354 e. The second kappa shape index (κ2) is 9.07. The quantitative estimate of drug-likeness (QED) is 0.660. The second-order valence-electron chi connectivity index (χ2n) is 7.74. The van der Waals surface area contributed by atoms with Gasteiger partial charge < -0.3 is 10.6 Å². The van der Waals surface area contributed by atoms with Crippen molar-refractivity contribution in [1.29, 1.82) is 0 Å². The predicted molar refractivity (Wildman–Crippen MR) is 117 cm³/mol. The standard InChI is InChI=1S/C23H24FN5O2/c1-15(30)26-17-8-10-18(11-9-17)27-23-25-14-20(24)22(28-23)16-5-4-6-19(13-16)29-12-3-2-7-21(29)31/h2-7,12-14,17-18H,8-11H2,1H3,(H,26,30)(H,25,27,28). The molecule has 1 aliphatic carbocycles. The lowest BCUT2D eigenvalue weighted by Gasteiger charge is -2.29. The lowest BCUT2D eigenvalue weighted by molar-refractivity contribution is -0.119. The summed E-state index contributed by atoms with van der Waals surface area (Å²) in [5, 5.41) is 6.25. The van der Waals surface area contributed by atoms with Crippen LogP contribution in [0.3, 0.4) is 0 Å². The molecule has 0 atom stereocenters. The zero-order chi connectivity index (χ0) is 21.8. The van der Waals surface area contributed by atoms with E-state index in [1.807, 2.05) is 0 Å². The molecular formula is C23H24FN5O2. The molecule has 2 aromatic heterocycles. The monoisotopic (exact) mass is 421 g/mol. The normalized spacial score (nSPS) is 18.4. The molecule has 31 heavy (non-hydrogen) atoms. The highest BCUT2D eigenvalue weighted by molar-refractivity contribution is 5.73. The van der Waals surface area contributed by atoms with Crippen LogP contribution in [-0.4, -0.2) is 32.5 Å². The van der Waals surface area contributed by atoms with Crippen LogP contribution in [0.1, 0.15) is 32.6 Å². The summed E-state index contributed by atoms with van der Waals surface area (Å²) in [5.74, 6) is -0.179. The van der Waals surface area contributed by atoms with Gasteiger partial charge in [-0.2, -0.15) is 0 Å². The number of nitrogens with zero attached hydrogens (tertiary/aromatic N) is 3. The molecule has 0 aliphatic heterocycles. The average molecular weight is 421 g/mol. The van der Waals surface area contributed by atoms with Crippen molar-refractivity contribution in [3.63, 3.8) is 0 Å². The number of pyridine rings is 1. The number of rotatable bonds is 5. The first-order valence-corrected chi connectivity index (χ1v) is 10.3. The van der Waals surface area contributed by atoms with Gasteiger partial charge in [0.1, 0.15) is 5.69 Å². The van der Waals surface area contributed by atoms with Crippen molar-refractivity contribution in [2.75, 3.05) is 5.32 Å². The fourth-order valence-corrected chi connectivity index (χ4v) is 3.93. The Hall–Kier alpha value is -3.55. The van der Waals surface area contributed by atoms with Gasteiger partial charge in [-0.3, -0.25) is 14.2 Å². The van der Waals surface area contributed by atoms with E-state index in [4.69, 9.17) is 0 Å². The summed E-state index contributed by atoms with van der Waals surface area (Å²) in [4.78, 5) is 31.8. The maximum absolute atomic E-state index is 14.6. The molecule has 2 heterocycles. The highest BCUT2D eigenvalue weighted by Crippen LogP contribution is 2.25. The first kappa shape index (κ1) is 20.7. The van der Waals surface area contributed by atoms with Gasteiger partial charge in [-0.15, -0.1) is 0 Å². The molecule has 2 N–H and O–H groups in total. The third kappa shape index (κ3) is 4.96. The van der Waals surface area contributed by atoms with Gasteiger partial charge >= 0.3 is 0 Å². The number of halogens is 1. The Morgan fingerprint density at radius 1 is 1.10 bits per heavy atom. The Morgan fingerprint density at radius 2 is 1.87 bits per heavy atom. The van der Waals surface area contributed by atoms with Gasteiger partial charge in [0.25, 0.3) is 5.56 Å². The van der Waals surface area contributed by atoms with E-state index < -0.39 is 5.82 Å². The van der Waals surface area contributed by atoms with Gasteiger partial charge in [0.05, 0.1) is 6.20 Å². The molecule has 1 fully saturated rings. The second-order valence-corrected chi connectivity index (χ2v) is 7.74. The average Bonchev–Trinajstić information content (AvgIpc) is 2.76. The van der Waals surface area contributed by atoms with E-state index in [9.17, 15) is 14.0 Å². The van der Waals surface area contributed by atoms with Gasteiger partial charge in [0.15, 0.2) is 5.82 Å². The van der Waals surface area contributed by atoms with Gasteiger partial charge in [-0.05, 0) is 43.9 Å². The summed E-state index contributed by atoms with van der Waals surface area (Å²) < 4.78 is 16.1. The van der Waals surface area contributed by atoms with Crippen LogP contribution in [0.15, 0.2) is 59.7 Å². The van der Waals surface area contributed by atoms with E-state index in [2.05, 4.69) is 20.6 Å². The Morgan fingerprint density at radius 3 is 2.61 bits per heavy atom. The number of nitrogens with one attached hydrogen (secondary N) is 2. The Bertz CT molecular complexity index is 1140. The van der Waals surface area contributed by atoms with Crippen LogP contribution in [0, 0.1) is 5.82 Å². The maximum atomic E-state index is 14.6. The molecule has 1 saturated carbocycles. The topological polar surface area (TPSA) is 88.9 Å². The third-order valence-corrected chi connectivity index (χ3v) is 5.43. The summed E-state index contributed by atoms with van der Waals surface area (Å²) in [6.07, 6.45) is 6.32. The number of carbonyl (C=O) groups is 1. The summed E-state index contributed by atoms with van der Waals surface area (Å²) in [6.45, 7) is 1.53. The van der Waals surface area contributed by atoms with Crippen LogP contribution in [0.5, 0.6) is 0 Å². The third-order valence-electron chi connectivity index (χ3n) is 5.43. The number of amides is 1. The van der Waals surface area contributed by atoms with Crippen molar-refractivity contribution in [3.8, 4) is 16.9 Å². The Labute approximate surface area is 179 Å². The molecule has 3 aromatic rings. The smallest absolute Gasteiger partial charge is 0.255 e. The van der Waals surface area contributed by atoms with E-state index in [1.165, 1.54) is 17.6 Å². The van der Waals surface area contributed by atoms with Crippen molar-refractivity contribution in [3.05, 3.63) is 71.0 Å². The zero-order valence-corrected chi connectivity index (χ0v) is 17.2. The highest BCUT2D eigenvalue weighted by Gasteiger charge is 2.22. The van der Waals surface area contributed by atoms with Crippen LogP contribution >= 0.6 is 0 Å². The number of carbonyl (C=O) groups excluding carboxylic acids is 1. The van der Waals surface area contributed by atoms with Crippen LogP contribution in [0.4, 0.5) is 10.3 Å². The molecule has 0 unspecified atom stereocenters. The summed E-state index contributed by atoms with van der Waals surface area (Å²) in [7, 11) is 0. The van der Waals surface area contributed by atoms with Gasteiger partial charge in [0.2, 0.25) is 11.9 Å². The summed E-state index contributed by atoms with van der Waals surface area (Å²) in [5.41, 5.74) is 1.20. The predicted octanol–water partition coefficient (Wildman–Crippen LogP) is 3.29. The molecule has 7 nitrogen and oxygen atoms in total. The van der Waals surface area contributed by atoms with Crippen molar-refractivity contribution in [2.24, 2.45) is 0 Å². The van der Waals surface area contributed by atoms with Gasteiger partial charge in [-0.1, -0.05) is 18.2 Å².